The van der Waals surface area contributed by atoms with Gasteiger partial charge in [-0.15, -0.1) is 0 Å². The predicted molar refractivity (Wildman–Crippen MR) is 60.7 cm³/mol. The summed E-state index contributed by atoms with van der Waals surface area (Å²) in [6.45, 7) is 1.94. The van der Waals surface area contributed by atoms with Gasteiger partial charge in [0.2, 0.25) is 0 Å². The Morgan fingerprint density at radius 2 is 1.94 bits per heavy atom. The first kappa shape index (κ1) is 15.3. The van der Waals surface area contributed by atoms with Gasteiger partial charge in [0.05, 0.1) is 12.5 Å². The molecule has 1 fully saturated rings. The highest BCUT2D eigenvalue weighted by Crippen LogP contribution is 2.37. The number of carbonyl (C=O) groups is 1. The normalized spacial score (nSPS) is 20.7. The zero-order chi connectivity index (χ0) is 13.8. The molecule has 1 aliphatic rings. The Morgan fingerprint density at radius 1 is 1.39 bits per heavy atom. The Balaban J connectivity index is 2.77. The Hall–Kier alpha value is -0.780. The fourth-order valence-electron chi connectivity index (χ4n) is 2.45. The number of nitrogens with two attached hydrogens (primary N) is 1. The van der Waals surface area contributed by atoms with Crippen molar-refractivity contribution >= 4 is 5.97 Å². The van der Waals surface area contributed by atoms with Gasteiger partial charge in [0.1, 0.15) is 6.04 Å². The van der Waals surface area contributed by atoms with E-state index in [1.165, 1.54) is 0 Å². The van der Waals surface area contributed by atoms with Crippen molar-refractivity contribution in [1.82, 2.24) is 0 Å². The Bertz CT molecular complexity index is 275. The van der Waals surface area contributed by atoms with Crippen LogP contribution in [0.1, 0.15) is 39.0 Å². The number of alkyl halides is 3. The zero-order valence-corrected chi connectivity index (χ0v) is 10.5. The van der Waals surface area contributed by atoms with Crippen LogP contribution < -0.4 is 5.73 Å². The van der Waals surface area contributed by atoms with Gasteiger partial charge in [-0.05, 0) is 25.2 Å². The van der Waals surface area contributed by atoms with Crippen molar-refractivity contribution in [2.45, 2.75) is 51.2 Å². The minimum Gasteiger partial charge on any atom is -0.465 e. The Morgan fingerprint density at radius 3 is 2.39 bits per heavy atom. The highest BCUT2D eigenvalue weighted by Gasteiger charge is 2.49. The van der Waals surface area contributed by atoms with Gasteiger partial charge >= 0.3 is 12.1 Å². The van der Waals surface area contributed by atoms with Crippen molar-refractivity contribution in [1.29, 1.82) is 0 Å². The van der Waals surface area contributed by atoms with Crippen LogP contribution in [0.4, 0.5) is 13.2 Å². The van der Waals surface area contributed by atoms with Gasteiger partial charge in [0.25, 0.3) is 0 Å². The lowest BCUT2D eigenvalue weighted by atomic mass is 9.84. The fourth-order valence-corrected chi connectivity index (χ4v) is 2.45. The first-order valence-electron chi connectivity index (χ1n) is 6.36. The summed E-state index contributed by atoms with van der Waals surface area (Å²) in [4.78, 5) is 11.8. The third-order valence-corrected chi connectivity index (χ3v) is 3.39. The van der Waals surface area contributed by atoms with Crippen molar-refractivity contribution < 1.29 is 22.7 Å². The molecule has 0 saturated heterocycles. The second-order valence-electron chi connectivity index (χ2n) is 4.81. The molecule has 1 aliphatic carbocycles. The van der Waals surface area contributed by atoms with Crippen molar-refractivity contribution in [2.24, 2.45) is 17.6 Å². The first-order chi connectivity index (χ1) is 8.38. The summed E-state index contributed by atoms with van der Waals surface area (Å²) in [6, 6.07) is -2.12. The molecule has 0 radical (unpaired) electrons. The maximum absolute atomic E-state index is 12.7. The van der Waals surface area contributed by atoms with Crippen LogP contribution in [0, 0.1) is 11.8 Å². The van der Waals surface area contributed by atoms with Crippen LogP contribution in [0.5, 0.6) is 0 Å². The molecule has 1 rings (SSSR count). The standard InChI is InChI=1S/C12H20F3NO2/c1-2-7-18-11(17)9(8-5-3-4-6-8)10(16)12(13,14)15/h8-10H,2-7,16H2,1H3/t9-,10-/m0/s1. The van der Waals surface area contributed by atoms with E-state index in [2.05, 4.69) is 0 Å². The third kappa shape index (κ3) is 3.86. The van der Waals surface area contributed by atoms with Crippen LogP contribution in [0.15, 0.2) is 0 Å². The number of carbonyl (C=O) groups excluding carboxylic acids is 1. The molecule has 106 valence electrons. The van der Waals surface area contributed by atoms with E-state index in [-0.39, 0.29) is 12.5 Å². The van der Waals surface area contributed by atoms with Crippen LogP contribution in [-0.4, -0.2) is 24.8 Å². The van der Waals surface area contributed by atoms with Gasteiger partial charge in [-0.1, -0.05) is 19.8 Å². The molecule has 0 heterocycles. The summed E-state index contributed by atoms with van der Waals surface area (Å²) in [5.41, 5.74) is 5.22. The molecule has 1 saturated carbocycles. The molecule has 18 heavy (non-hydrogen) atoms. The first-order valence-corrected chi connectivity index (χ1v) is 6.36. The lowest BCUT2D eigenvalue weighted by Crippen LogP contribution is -2.50. The summed E-state index contributed by atoms with van der Waals surface area (Å²) >= 11 is 0. The van der Waals surface area contributed by atoms with Crippen LogP contribution >= 0.6 is 0 Å². The number of esters is 1. The maximum atomic E-state index is 12.7. The molecule has 0 aliphatic heterocycles. The summed E-state index contributed by atoms with van der Waals surface area (Å²) in [5.74, 6) is -2.35. The highest BCUT2D eigenvalue weighted by atomic mass is 19.4. The molecule has 2 N–H and O–H groups in total. The van der Waals surface area contributed by atoms with E-state index in [1.54, 1.807) is 6.92 Å². The van der Waals surface area contributed by atoms with Gasteiger partial charge in [0.15, 0.2) is 0 Å². The molecule has 0 unspecified atom stereocenters. The molecule has 0 aromatic carbocycles. The van der Waals surface area contributed by atoms with E-state index in [9.17, 15) is 18.0 Å². The Kier molecular flexibility index (Phi) is 5.44. The molecule has 0 spiro atoms. The smallest absolute Gasteiger partial charge is 0.404 e. The molecular weight excluding hydrogens is 247 g/mol. The van der Waals surface area contributed by atoms with Gasteiger partial charge < -0.3 is 10.5 Å². The molecule has 0 amide bonds. The van der Waals surface area contributed by atoms with Crippen LogP contribution in [0.3, 0.4) is 0 Å². The van der Waals surface area contributed by atoms with Crippen LogP contribution in [0.25, 0.3) is 0 Å². The number of hydrogen-bond acceptors (Lipinski definition) is 3. The largest absolute Gasteiger partial charge is 0.465 e. The van der Waals surface area contributed by atoms with Gasteiger partial charge in [-0.2, -0.15) is 13.2 Å². The summed E-state index contributed by atoms with van der Waals surface area (Å²) in [5, 5.41) is 0. The number of hydrogen-bond donors (Lipinski definition) is 1. The quantitative estimate of drug-likeness (QED) is 0.779. The molecule has 0 aromatic heterocycles. The van der Waals surface area contributed by atoms with E-state index in [0.29, 0.717) is 19.3 Å². The van der Waals surface area contributed by atoms with Gasteiger partial charge in [0, 0.05) is 0 Å². The van der Waals surface area contributed by atoms with E-state index < -0.39 is 24.1 Å². The monoisotopic (exact) mass is 267 g/mol. The van der Waals surface area contributed by atoms with Crippen molar-refractivity contribution in [3.63, 3.8) is 0 Å². The summed E-state index contributed by atoms with van der Waals surface area (Å²) in [6.07, 6.45) is -1.02. The molecule has 0 bridgehead atoms. The lowest BCUT2D eigenvalue weighted by molar-refractivity contribution is -0.180. The fraction of sp³-hybridized carbons (Fsp3) is 0.917. The van der Waals surface area contributed by atoms with E-state index in [0.717, 1.165) is 12.8 Å². The predicted octanol–water partition coefficient (Wildman–Crippen LogP) is 2.64. The second-order valence-corrected chi connectivity index (χ2v) is 4.81. The average molecular weight is 267 g/mol. The maximum Gasteiger partial charge on any atom is 0.404 e. The topological polar surface area (TPSA) is 52.3 Å². The molecular formula is C12H20F3NO2. The number of halogens is 3. The number of rotatable bonds is 5. The summed E-state index contributed by atoms with van der Waals surface area (Å²) < 4.78 is 43.0. The minimum absolute atomic E-state index is 0.145. The zero-order valence-electron chi connectivity index (χ0n) is 10.5. The van der Waals surface area contributed by atoms with Crippen LogP contribution in [0.2, 0.25) is 0 Å². The van der Waals surface area contributed by atoms with E-state index in [4.69, 9.17) is 10.5 Å². The summed E-state index contributed by atoms with van der Waals surface area (Å²) in [7, 11) is 0. The van der Waals surface area contributed by atoms with E-state index in [1.807, 2.05) is 0 Å². The van der Waals surface area contributed by atoms with Gasteiger partial charge in [-0.25, -0.2) is 0 Å². The molecule has 2 atom stereocenters. The highest BCUT2D eigenvalue weighted by molar-refractivity contribution is 5.74. The van der Waals surface area contributed by atoms with Gasteiger partial charge in [-0.3, -0.25) is 4.79 Å². The molecule has 6 heteroatoms. The van der Waals surface area contributed by atoms with Crippen molar-refractivity contribution in [3.8, 4) is 0 Å². The van der Waals surface area contributed by atoms with Crippen molar-refractivity contribution in [2.75, 3.05) is 6.61 Å². The van der Waals surface area contributed by atoms with Crippen LogP contribution in [-0.2, 0) is 9.53 Å². The third-order valence-electron chi connectivity index (χ3n) is 3.39. The SMILES string of the molecule is CCCOC(=O)[C@@H](C1CCCC1)[C@H](N)C(F)(F)F. The molecule has 0 aromatic rings. The van der Waals surface area contributed by atoms with E-state index >= 15 is 0 Å². The second kappa shape index (κ2) is 6.41. The Labute approximate surface area is 105 Å². The minimum atomic E-state index is -4.56. The number of ether oxygens (including phenoxy) is 1. The molecule has 3 nitrogen and oxygen atoms in total. The van der Waals surface area contributed by atoms with Crippen molar-refractivity contribution in [3.05, 3.63) is 0 Å². The average Bonchev–Trinajstić information content (AvgIpc) is 2.78. The lowest BCUT2D eigenvalue weighted by Gasteiger charge is -2.28.